The predicted octanol–water partition coefficient (Wildman–Crippen LogP) is 2.37. The van der Waals surface area contributed by atoms with Crippen LogP contribution in [0.4, 0.5) is 0 Å². The summed E-state index contributed by atoms with van der Waals surface area (Å²) in [6.45, 7) is 7.37. The second kappa shape index (κ2) is 11.2. The quantitative estimate of drug-likeness (QED) is 0.470. The van der Waals surface area contributed by atoms with E-state index in [0.29, 0.717) is 13.0 Å². The van der Waals surface area contributed by atoms with Crippen molar-refractivity contribution in [1.29, 1.82) is 0 Å². The maximum atomic E-state index is 12.6. The maximum absolute atomic E-state index is 12.6. The number of ether oxygens (including phenoxy) is 4. The van der Waals surface area contributed by atoms with Crippen LogP contribution in [0, 0.1) is 5.92 Å². The zero-order valence-corrected chi connectivity index (χ0v) is 19.9. The lowest BCUT2D eigenvalue weighted by Crippen LogP contribution is -2.37. The molecule has 29 heavy (non-hydrogen) atoms. The first-order valence-electron chi connectivity index (χ1n) is 10.3. The Kier molecular flexibility index (Phi) is 9.92. The molecule has 0 spiro atoms. The van der Waals surface area contributed by atoms with Crippen LogP contribution in [-0.2, 0) is 28.0 Å². The van der Waals surface area contributed by atoms with Gasteiger partial charge in [-0.2, -0.15) is 0 Å². The Balaban J connectivity index is 1.93. The first kappa shape index (κ1) is 25.6. The molecular weight excluding hydrogens is 419 g/mol. The molecule has 2 aliphatic rings. The molecule has 8 unspecified atom stereocenters. The number of aliphatic hydroxyl groups is 1. The second-order valence-electron chi connectivity index (χ2n) is 8.37. The van der Waals surface area contributed by atoms with Gasteiger partial charge in [-0.05, 0) is 48.0 Å². The highest BCUT2D eigenvalue weighted by Gasteiger charge is 2.44. The standard InChI is InChI=1S/C19H37O8PS/c1-11(2)23-9-16-18(7-13(5)26-16)29-28(21,22)24-10-17-19(25-12(3)4)15(8-20)14(6)27-17/h11-20H,7-10H2,1-6H3,(H,21,22)/p-1. The Morgan fingerprint density at radius 2 is 1.83 bits per heavy atom. The van der Waals surface area contributed by atoms with Crippen molar-refractivity contribution < 1.29 is 38.0 Å². The van der Waals surface area contributed by atoms with Gasteiger partial charge in [-0.1, -0.05) is 11.4 Å². The molecule has 2 fully saturated rings. The molecule has 0 aromatic rings. The van der Waals surface area contributed by atoms with Crippen LogP contribution in [0.3, 0.4) is 0 Å². The topological polar surface area (TPSA) is 107 Å². The van der Waals surface area contributed by atoms with Crippen molar-refractivity contribution in [2.45, 2.75) is 95.9 Å². The average Bonchev–Trinajstić information content (AvgIpc) is 3.09. The third-order valence-corrected chi connectivity index (χ3v) is 8.46. The normalized spacial score (nSPS) is 37.5. The van der Waals surface area contributed by atoms with Gasteiger partial charge in [0.15, 0.2) is 6.80 Å². The fourth-order valence-electron chi connectivity index (χ4n) is 3.71. The summed E-state index contributed by atoms with van der Waals surface area (Å²) in [5.74, 6) is -0.216. The van der Waals surface area contributed by atoms with Gasteiger partial charge in [0.1, 0.15) is 6.10 Å². The van der Waals surface area contributed by atoms with Gasteiger partial charge < -0.3 is 33.5 Å². The lowest BCUT2D eigenvalue weighted by molar-refractivity contribution is -0.193. The van der Waals surface area contributed by atoms with E-state index in [1.54, 1.807) is 0 Å². The first-order valence-corrected chi connectivity index (χ1v) is 13.4. The molecule has 0 amide bonds. The molecule has 2 rings (SSSR count). The van der Waals surface area contributed by atoms with Crippen molar-refractivity contribution in [3.8, 4) is 0 Å². The van der Waals surface area contributed by atoms with Crippen LogP contribution in [0.25, 0.3) is 0 Å². The Labute approximate surface area is 178 Å². The van der Waals surface area contributed by atoms with E-state index in [1.807, 2.05) is 41.5 Å². The van der Waals surface area contributed by atoms with E-state index in [-0.39, 0.29) is 54.9 Å². The molecule has 2 heterocycles. The largest absolute Gasteiger partial charge is 0.770 e. The molecule has 2 saturated heterocycles. The molecule has 2 aliphatic heterocycles. The van der Waals surface area contributed by atoms with Crippen LogP contribution in [0.15, 0.2) is 0 Å². The van der Waals surface area contributed by atoms with E-state index in [9.17, 15) is 14.6 Å². The number of aliphatic hydroxyl groups excluding tert-OH is 1. The van der Waals surface area contributed by atoms with Gasteiger partial charge in [0.05, 0.1) is 56.4 Å². The smallest absolute Gasteiger partial charge is 0.192 e. The van der Waals surface area contributed by atoms with E-state index in [2.05, 4.69) is 0 Å². The molecular formula is C19H36O8PS-. The van der Waals surface area contributed by atoms with Crippen LogP contribution in [0.1, 0.15) is 48.0 Å². The molecule has 8 nitrogen and oxygen atoms in total. The SMILES string of the molecule is CC(C)OCC1OC(C)CC1SP(=O)([O-])OCC1OC(C)C(CO)C1OC(C)C. The Morgan fingerprint density at radius 3 is 2.41 bits per heavy atom. The third kappa shape index (κ3) is 7.74. The van der Waals surface area contributed by atoms with Gasteiger partial charge in [-0.3, -0.25) is 4.57 Å². The summed E-state index contributed by atoms with van der Waals surface area (Å²) in [6.07, 6.45) is -0.920. The van der Waals surface area contributed by atoms with E-state index in [4.69, 9.17) is 23.5 Å². The van der Waals surface area contributed by atoms with E-state index >= 15 is 0 Å². The monoisotopic (exact) mass is 455 g/mol. The highest BCUT2D eigenvalue weighted by atomic mass is 32.7. The summed E-state index contributed by atoms with van der Waals surface area (Å²) in [5, 5.41) is 9.40. The molecule has 10 heteroatoms. The van der Waals surface area contributed by atoms with Gasteiger partial charge >= 0.3 is 0 Å². The van der Waals surface area contributed by atoms with Gasteiger partial charge in [-0.15, -0.1) is 0 Å². The minimum Gasteiger partial charge on any atom is -0.770 e. The van der Waals surface area contributed by atoms with Crippen molar-refractivity contribution in [2.24, 2.45) is 5.92 Å². The zero-order chi connectivity index (χ0) is 21.8. The minimum atomic E-state index is -4.18. The first-order chi connectivity index (χ1) is 13.5. The van der Waals surface area contributed by atoms with Crippen molar-refractivity contribution >= 4 is 18.2 Å². The lowest BCUT2D eigenvalue weighted by atomic mass is 9.98. The van der Waals surface area contributed by atoms with E-state index < -0.39 is 19.0 Å². The maximum Gasteiger partial charge on any atom is 0.192 e. The molecule has 172 valence electrons. The molecule has 0 aromatic carbocycles. The fourth-order valence-corrected chi connectivity index (χ4v) is 7.10. The van der Waals surface area contributed by atoms with Crippen LogP contribution >= 0.6 is 18.2 Å². The van der Waals surface area contributed by atoms with E-state index in [1.165, 1.54) is 0 Å². The molecule has 0 bridgehead atoms. The summed E-state index contributed by atoms with van der Waals surface area (Å²) in [4.78, 5) is 12.6. The Bertz CT molecular complexity index is 548. The minimum absolute atomic E-state index is 0.0265. The van der Waals surface area contributed by atoms with Gasteiger partial charge in [-0.25, -0.2) is 0 Å². The molecule has 0 saturated carbocycles. The second-order valence-corrected chi connectivity index (χ2v) is 12.3. The molecule has 0 radical (unpaired) electrons. The van der Waals surface area contributed by atoms with Crippen molar-refractivity contribution in [1.82, 2.24) is 0 Å². The van der Waals surface area contributed by atoms with Crippen LogP contribution in [0.2, 0.25) is 0 Å². The molecule has 8 atom stereocenters. The zero-order valence-electron chi connectivity index (χ0n) is 18.2. The van der Waals surface area contributed by atoms with Gasteiger partial charge in [0.2, 0.25) is 0 Å². The third-order valence-electron chi connectivity index (χ3n) is 5.06. The van der Waals surface area contributed by atoms with E-state index in [0.717, 1.165) is 11.4 Å². The highest BCUT2D eigenvalue weighted by molar-refractivity contribution is 8.54. The summed E-state index contributed by atoms with van der Waals surface area (Å²) in [6, 6.07) is 0. The average molecular weight is 456 g/mol. The van der Waals surface area contributed by atoms with Crippen LogP contribution in [0.5, 0.6) is 0 Å². The summed E-state index contributed by atoms with van der Waals surface area (Å²) in [7, 11) is 0. The fraction of sp³-hybridized carbons (Fsp3) is 1.00. The Hall–Kier alpha value is 0.300. The summed E-state index contributed by atoms with van der Waals surface area (Å²) >= 11 is 0.806. The van der Waals surface area contributed by atoms with Crippen molar-refractivity contribution in [2.75, 3.05) is 19.8 Å². The highest BCUT2D eigenvalue weighted by Crippen LogP contribution is 2.57. The van der Waals surface area contributed by atoms with Crippen molar-refractivity contribution in [3.05, 3.63) is 0 Å². The number of rotatable bonds is 11. The number of hydrogen-bond donors (Lipinski definition) is 1. The summed E-state index contributed by atoms with van der Waals surface area (Å²) in [5.41, 5.74) is 0. The van der Waals surface area contributed by atoms with Gasteiger partial charge in [0.25, 0.3) is 0 Å². The van der Waals surface area contributed by atoms with Crippen molar-refractivity contribution in [3.63, 3.8) is 0 Å². The van der Waals surface area contributed by atoms with Crippen LogP contribution < -0.4 is 4.89 Å². The lowest BCUT2D eigenvalue weighted by Gasteiger charge is -2.30. The Morgan fingerprint density at radius 1 is 1.14 bits per heavy atom. The predicted molar refractivity (Wildman–Crippen MR) is 110 cm³/mol. The van der Waals surface area contributed by atoms with Crippen LogP contribution in [-0.4, -0.2) is 72.9 Å². The van der Waals surface area contributed by atoms with Gasteiger partial charge in [0, 0.05) is 11.2 Å². The molecule has 0 aromatic heterocycles. The molecule has 1 N–H and O–H groups in total. The summed E-state index contributed by atoms with van der Waals surface area (Å²) < 4.78 is 41.1. The number of hydrogen-bond acceptors (Lipinski definition) is 9. The molecule has 0 aliphatic carbocycles.